The van der Waals surface area contributed by atoms with Crippen LogP contribution >= 0.6 is 39.9 Å². The largest absolute Gasteiger partial charge is 0.357 e. The Labute approximate surface area is 176 Å². The average Bonchev–Trinajstić information content (AvgIpc) is 2.56. The first-order valence-electron chi connectivity index (χ1n) is 8.83. The van der Waals surface area contributed by atoms with E-state index < -0.39 is 0 Å². The maximum atomic E-state index is 13.9. The first-order valence-corrected chi connectivity index (χ1v) is 9.62. The molecule has 7 heteroatoms. The molecule has 0 bridgehead atoms. The van der Waals surface area contributed by atoms with Crippen molar-refractivity contribution in [2.24, 2.45) is 4.99 Å². The summed E-state index contributed by atoms with van der Waals surface area (Å²) in [4.78, 5) is 7.06. The predicted octanol–water partition coefficient (Wildman–Crippen LogP) is 4.14. The van der Waals surface area contributed by atoms with E-state index in [9.17, 15) is 4.39 Å². The summed E-state index contributed by atoms with van der Waals surface area (Å²) in [6.45, 7) is 8.84. The van der Waals surface area contributed by atoms with Crippen LogP contribution in [0.3, 0.4) is 0 Å². The van der Waals surface area contributed by atoms with Crippen molar-refractivity contribution in [2.45, 2.75) is 45.7 Å². The van der Waals surface area contributed by atoms with E-state index in [0.29, 0.717) is 18.2 Å². The van der Waals surface area contributed by atoms with Crippen LogP contribution in [0.1, 0.15) is 38.7 Å². The lowest BCUT2D eigenvalue weighted by atomic mass is 10.1. The van der Waals surface area contributed by atoms with E-state index in [1.807, 2.05) is 13.0 Å². The van der Waals surface area contributed by atoms with Crippen molar-refractivity contribution in [3.8, 4) is 0 Å². The van der Waals surface area contributed by atoms with E-state index in [-0.39, 0.29) is 29.8 Å². The fourth-order valence-electron chi connectivity index (χ4n) is 2.94. The summed E-state index contributed by atoms with van der Waals surface area (Å²) in [5.41, 5.74) is 0.605. The van der Waals surface area contributed by atoms with E-state index in [1.165, 1.54) is 19.0 Å². The first kappa shape index (κ1) is 22.6. The highest BCUT2D eigenvalue weighted by atomic mass is 127. The lowest BCUT2D eigenvalue weighted by Gasteiger charge is -2.32. The van der Waals surface area contributed by atoms with Crippen LogP contribution in [0.4, 0.5) is 4.39 Å². The number of guanidine groups is 1. The van der Waals surface area contributed by atoms with Gasteiger partial charge in [-0.3, -0.25) is 0 Å². The Morgan fingerprint density at radius 2 is 2.04 bits per heavy atom. The number of rotatable bonds is 6. The van der Waals surface area contributed by atoms with Crippen molar-refractivity contribution in [3.63, 3.8) is 0 Å². The van der Waals surface area contributed by atoms with Gasteiger partial charge in [-0.15, -0.1) is 24.0 Å². The molecule has 0 aliphatic carbocycles. The minimum Gasteiger partial charge on any atom is -0.357 e. The molecule has 142 valence electrons. The summed E-state index contributed by atoms with van der Waals surface area (Å²) in [7, 11) is 0. The summed E-state index contributed by atoms with van der Waals surface area (Å²) in [6.07, 6.45) is 3.45. The summed E-state index contributed by atoms with van der Waals surface area (Å²) in [5, 5.41) is 6.76. The molecule has 0 radical (unpaired) electrons. The normalized spacial score (nSPS) is 16.4. The molecule has 0 amide bonds. The van der Waals surface area contributed by atoms with Gasteiger partial charge in [0, 0.05) is 35.7 Å². The van der Waals surface area contributed by atoms with Crippen LogP contribution in [-0.2, 0) is 6.54 Å². The quantitative estimate of drug-likeness (QED) is 0.332. The fourth-order valence-corrected chi connectivity index (χ4v) is 3.28. The Morgan fingerprint density at radius 3 is 2.64 bits per heavy atom. The van der Waals surface area contributed by atoms with Crippen molar-refractivity contribution >= 4 is 45.9 Å². The van der Waals surface area contributed by atoms with Gasteiger partial charge in [-0.25, -0.2) is 9.38 Å². The van der Waals surface area contributed by atoms with Crippen LogP contribution in [0.2, 0.25) is 0 Å². The van der Waals surface area contributed by atoms with Crippen molar-refractivity contribution in [1.82, 2.24) is 15.5 Å². The summed E-state index contributed by atoms with van der Waals surface area (Å²) >= 11 is 3.28. The number of hydrogen-bond acceptors (Lipinski definition) is 2. The topological polar surface area (TPSA) is 39.7 Å². The molecule has 0 spiro atoms. The first-order chi connectivity index (χ1) is 11.6. The molecule has 0 atom stereocenters. The Morgan fingerprint density at radius 1 is 1.32 bits per heavy atom. The molecule has 1 aromatic carbocycles. The third kappa shape index (κ3) is 7.78. The Bertz CT molecular complexity index is 548. The number of aliphatic imine (C=N–C) groups is 1. The SMILES string of the molecule is CCCN1CCC(NC(=NCc2ccc(Br)cc2F)NCC)CC1.I. The summed E-state index contributed by atoms with van der Waals surface area (Å²) < 4.78 is 14.7. The van der Waals surface area contributed by atoms with Crippen molar-refractivity contribution in [2.75, 3.05) is 26.2 Å². The molecular weight excluding hydrogens is 498 g/mol. The Hall–Kier alpha value is -0.410. The highest BCUT2D eigenvalue weighted by Crippen LogP contribution is 2.16. The van der Waals surface area contributed by atoms with Gasteiger partial charge in [0.25, 0.3) is 0 Å². The van der Waals surface area contributed by atoms with Crippen LogP contribution in [0.5, 0.6) is 0 Å². The number of likely N-dealkylation sites (tertiary alicyclic amines) is 1. The van der Waals surface area contributed by atoms with Crippen molar-refractivity contribution in [3.05, 3.63) is 34.1 Å². The molecule has 1 heterocycles. The number of piperidine rings is 1. The van der Waals surface area contributed by atoms with Gasteiger partial charge < -0.3 is 15.5 Å². The molecule has 1 aromatic rings. The highest BCUT2D eigenvalue weighted by molar-refractivity contribution is 14.0. The Balaban J connectivity index is 0.00000312. The molecule has 0 aromatic heterocycles. The number of nitrogens with one attached hydrogen (secondary N) is 2. The third-order valence-electron chi connectivity index (χ3n) is 4.24. The standard InChI is InChI=1S/C18H28BrFN4.HI/c1-3-9-24-10-7-16(8-11-24)23-18(21-4-2)22-13-14-5-6-15(19)12-17(14)20;/h5-6,12,16H,3-4,7-11,13H2,1-2H3,(H2,21,22,23);1H. The molecule has 1 aliphatic rings. The molecule has 2 N–H and O–H groups in total. The Kier molecular flexibility index (Phi) is 10.9. The van der Waals surface area contributed by atoms with Gasteiger partial charge in [-0.1, -0.05) is 28.9 Å². The molecule has 0 saturated carbocycles. The van der Waals surface area contributed by atoms with Gasteiger partial charge in [0.1, 0.15) is 5.82 Å². The summed E-state index contributed by atoms with van der Waals surface area (Å²) in [5.74, 6) is 0.547. The van der Waals surface area contributed by atoms with Gasteiger partial charge in [-0.05, 0) is 44.9 Å². The third-order valence-corrected chi connectivity index (χ3v) is 4.73. The second-order valence-corrected chi connectivity index (χ2v) is 7.11. The predicted molar refractivity (Wildman–Crippen MR) is 117 cm³/mol. The minimum absolute atomic E-state index is 0. The molecule has 1 aliphatic heterocycles. The van der Waals surface area contributed by atoms with Gasteiger partial charge in [0.05, 0.1) is 6.54 Å². The van der Waals surface area contributed by atoms with Crippen LogP contribution in [-0.4, -0.2) is 43.1 Å². The van der Waals surface area contributed by atoms with E-state index >= 15 is 0 Å². The molecular formula is C18H29BrFIN4. The second-order valence-electron chi connectivity index (χ2n) is 6.19. The smallest absolute Gasteiger partial charge is 0.191 e. The number of hydrogen-bond donors (Lipinski definition) is 2. The lowest BCUT2D eigenvalue weighted by molar-refractivity contribution is 0.206. The van der Waals surface area contributed by atoms with E-state index in [0.717, 1.165) is 42.9 Å². The van der Waals surface area contributed by atoms with Gasteiger partial charge >= 0.3 is 0 Å². The molecule has 1 fully saturated rings. The maximum Gasteiger partial charge on any atom is 0.191 e. The van der Waals surface area contributed by atoms with Gasteiger partial charge in [0.2, 0.25) is 0 Å². The zero-order chi connectivity index (χ0) is 17.4. The zero-order valence-corrected chi connectivity index (χ0v) is 18.9. The molecule has 25 heavy (non-hydrogen) atoms. The van der Waals surface area contributed by atoms with Gasteiger partial charge in [-0.2, -0.15) is 0 Å². The molecule has 4 nitrogen and oxygen atoms in total. The van der Waals surface area contributed by atoms with E-state index in [4.69, 9.17) is 0 Å². The van der Waals surface area contributed by atoms with Crippen LogP contribution in [0.25, 0.3) is 0 Å². The van der Waals surface area contributed by atoms with Crippen LogP contribution < -0.4 is 10.6 Å². The average molecular weight is 527 g/mol. The number of halogens is 3. The van der Waals surface area contributed by atoms with E-state index in [1.54, 1.807) is 6.07 Å². The second kappa shape index (κ2) is 12.1. The monoisotopic (exact) mass is 526 g/mol. The van der Waals surface area contributed by atoms with Gasteiger partial charge in [0.15, 0.2) is 5.96 Å². The summed E-state index contributed by atoms with van der Waals surface area (Å²) in [6, 6.07) is 5.54. The van der Waals surface area contributed by atoms with Crippen molar-refractivity contribution in [1.29, 1.82) is 0 Å². The van der Waals surface area contributed by atoms with E-state index in [2.05, 4.69) is 43.4 Å². The number of benzene rings is 1. The number of nitrogens with zero attached hydrogens (tertiary/aromatic N) is 2. The minimum atomic E-state index is -0.225. The zero-order valence-electron chi connectivity index (χ0n) is 15.0. The van der Waals surface area contributed by atoms with Crippen LogP contribution in [0.15, 0.2) is 27.7 Å². The lowest BCUT2D eigenvalue weighted by Crippen LogP contribution is -2.48. The molecule has 0 unspecified atom stereocenters. The fraction of sp³-hybridized carbons (Fsp3) is 0.611. The van der Waals surface area contributed by atoms with Crippen LogP contribution in [0, 0.1) is 5.82 Å². The highest BCUT2D eigenvalue weighted by Gasteiger charge is 2.19. The van der Waals surface area contributed by atoms with Crippen molar-refractivity contribution < 1.29 is 4.39 Å². The molecule has 2 rings (SSSR count). The molecule has 1 saturated heterocycles. The maximum absolute atomic E-state index is 13.9.